The minimum absolute atomic E-state index is 0.0163. The first-order valence-electron chi connectivity index (χ1n) is 14.0. The Kier molecular flexibility index (Phi) is 7.44. The molecule has 11 nitrogen and oxygen atoms in total. The van der Waals surface area contributed by atoms with E-state index >= 15 is 0 Å². The zero-order chi connectivity index (χ0) is 28.5. The third-order valence-corrected chi connectivity index (χ3v) is 11.3. The molecular formula is C28H42O11. The SMILES string of the molecule is C=C1[C@H]2CC[C@@H]3[C@@]4(C)C[C@H](O[C@@H]5O[C@H](CO)[C@@H](O)[C@H](O)[C@H]5O)CC(CC(=O)O)(CC(=O)O)[C@@H]4CC[C@@]3(C2)[C@H]1O. The average molecular weight is 555 g/mol. The van der Waals surface area contributed by atoms with Crippen LogP contribution in [0.5, 0.6) is 0 Å². The fourth-order valence-corrected chi connectivity index (χ4v) is 9.92. The molecule has 4 saturated carbocycles. The number of carbonyl (C=O) groups is 2. The molecule has 0 aromatic carbocycles. The van der Waals surface area contributed by atoms with Crippen molar-refractivity contribution >= 4 is 11.9 Å². The highest BCUT2D eigenvalue weighted by molar-refractivity contribution is 5.72. The van der Waals surface area contributed by atoms with Crippen LogP contribution in [0.15, 0.2) is 12.2 Å². The van der Waals surface area contributed by atoms with E-state index in [0.717, 1.165) is 24.8 Å². The first-order chi connectivity index (χ1) is 18.3. The fourth-order valence-electron chi connectivity index (χ4n) is 9.92. The number of aliphatic hydroxyl groups is 5. The molecule has 12 atom stereocenters. The molecule has 39 heavy (non-hydrogen) atoms. The van der Waals surface area contributed by atoms with Crippen LogP contribution >= 0.6 is 0 Å². The molecule has 5 aliphatic rings. The fraction of sp³-hybridized carbons (Fsp3) is 0.857. The molecule has 0 radical (unpaired) electrons. The molecule has 5 fully saturated rings. The second kappa shape index (κ2) is 10.0. The number of hydrogen-bond donors (Lipinski definition) is 7. The summed E-state index contributed by atoms with van der Waals surface area (Å²) in [5, 5.41) is 72.1. The maximum atomic E-state index is 12.2. The van der Waals surface area contributed by atoms with E-state index in [1.165, 1.54) is 0 Å². The monoisotopic (exact) mass is 554 g/mol. The molecule has 7 N–H and O–H groups in total. The third kappa shape index (κ3) is 4.45. The highest BCUT2D eigenvalue weighted by Gasteiger charge is 2.69. The van der Waals surface area contributed by atoms with Gasteiger partial charge in [-0.1, -0.05) is 13.5 Å². The standard InChI is InChI=1S/C28H42O11/c1-13-14-3-4-18-26(2)8-15(38-25-23(36)22(35)21(34)16(12-29)39-25)9-27(10-19(30)31,11-20(32)33)17(26)5-6-28(18,7-14)24(13)37/h14-18,21-25,29,34-37H,1,3-12H2,2H3,(H,30,31)(H,32,33)/t14-,15-,16+,17+,18+,21+,22-,23+,24-,25+,26-,28-/m0/s1. The second-order valence-electron chi connectivity index (χ2n) is 13.2. The quantitative estimate of drug-likeness (QED) is 0.172. The van der Waals surface area contributed by atoms with Crippen LogP contribution in [0.3, 0.4) is 0 Å². The second-order valence-corrected chi connectivity index (χ2v) is 13.2. The van der Waals surface area contributed by atoms with Gasteiger partial charge in [-0.3, -0.25) is 9.59 Å². The van der Waals surface area contributed by atoms with Crippen LogP contribution in [0.2, 0.25) is 0 Å². The van der Waals surface area contributed by atoms with Gasteiger partial charge >= 0.3 is 11.9 Å². The molecule has 220 valence electrons. The molecule has 0 aromatic heterocycles. The van der Waals surface area contributed by atoms with Crippen molar-refractivity contribution in [2.75, 3.05) is 6.61 Å². The molecule has 4 aliphatic carbocycles. The minimum Gasteiger partial charge on any atom is -0.481 e. The van der Waals surface area contributed by atoms with Crippen LogP contribution in [0, 0.1) is 34.0 Å². The van der Waals surface area contributed by atoms with Crippen molar-refractivity contribution in [1.29, 1.82) is 0 Å². The molecule has 2 bridgehead atoms. The van der Waals surface area contributed by atoms with Crippen molar-refractivity contribution in [2.24, 2.45) is 34.0 Å². The van der Waals surface area contributed by atoms with Crippen LogP contribution in [-0.4, -0.2) is 97.2 Å². The zero-order valence-electron chi connectivity index (χ0n) is 22.3. The molecule has 1 spiro atoms. The topological polar surface area (TPSA) is 194 Å². The molecule has 0 amide bonds. The van der Waals surface area contributed by atoms with Gasteiger partial charge in [-0.25, -0.2) is 0 Å². The van der Waals surface area contributed by atoms with E-state index in [-0.39, 0.29) is 37.0 Å². The largest absolute Gasteiger partial charge is 0.481 e. The van der Waals surface area contributed by atoms with Gasteiger partial charge in [0.2, 0.25) is 0 Å². The van der Waals surface area contributed by atoms with Crippen LogP contribution in [0.1, 0.15) is 64.7 Å². The Morgan fingerprint density at radius 1 is 0.949 bits per heavy atom. The summed E-state index contributed by atoms with van der Waals surface area (Å²) >= 11 is 0. The number of aliphatic hydroxyl groups excluding tert-OH is 5. The Hall–Kier alpha value is -1.60. The highest BCUT2D eigenvalue weighted by atomic mass is 16.7. The van der Waals surface area contributed by atoms with Crippen LogP contribution in [0.25, 0.3) is 0 Å². The van der Waals surface area contributed by atoms with E-state index in [4.69, 9.17) is 9.47 Å². The lowest BCUT2D eigenvalue weighted by molar-refractivity contribution is -0.323. The Bertz CT molecular complexity index is 982. The number of aliphatic carboxylic acids is 2. The number of hydrogen-bond acceptors (Lipinski definition) is 9. The number of carboxylic acid groups (broad SMARTS) is 2. The van der Waals surface area contributed by atoms with E-state index in [9.17, 15) is 45.3 Å². The van der Waals surface area contributed by atoms with Crippen molar-refractivity contribution in [1.82, 2.24) is 0 Å². The van der Waals surface area contributed by atoms with Gasteiger partial charge < -0.3 is 45.2 Å². The number of rotatable bonds is 7. The number of ether oxygens (including phenoxy) is 2. The van der Waals surface area contributed by atoms with E-state index in [1.807, 2.05) is 0 Å². The van der Waals surface area contributed by atoms with Gasteiger partial charge in [0.25, 0.3) is 0 Å². The lowest BCUT2D eigenvalue weighted by Crippen LogP contribution is -2.63. The van der Waals surface area contributed by atoms with Gasteiger partial charge in [-0.15, -0.1) is 0 Å². The Morgan fingerprint density at radius 2 is 1.62 bits per heavy atom. The van der Waals surface area contributed by atoms with Crippen LogP contribution in [0.4, 0.5) is 0 Å². The zero-order valence-corrected chi connectivity index (χ0v) is 22.3. The molecule has 5 rings (SSSR count). The summed E-state index contributed by atoms with van der Waals surface area (Å²) in [5.41, 5.74) is -1.29. The van der Waals surface area contributed by atoms with Gasteiger partial charge in [0.1, 0.15) is 24.4 Å². The van der Waals surface area contributed by atoms with Crippen molar-refractivity contribution < 1.29 is 54.8 Å². The summed E-state index contributed by atoms with van der Waals surface area (Å²) in [6, 6.07) is 0. The minimum atomic E-state index is -1.64. The summed E-state index contributed by atoms with van der Waals surface area (Å²) in [6.45, 7) is 5.64. The Labute approximate surface area is 227 Å². The lowest BCUT2D eigenvalue weighted by Gasteiger charge is -2.66. The molecular weight excluding hydrogens is 512 g/mol. The Balaban J connectivity index is 1.53. The van der Waals surface area contributed by atoms with Gasteiger partial charge in [-0.05, 0) is 79.1 Å². The van der Waals surface area contributed by atoms with Gasteiger partial charge in [0.15, 0.2) is 6.29 Å². The molecule has 11 heteroatoms. The normalized spacial score (nSPS) is 48.7. The van der Waals surface area contributed by atoms with Crippen molar-refractivity contribution in [3.8, 4) is 0 Å². The number of fused-ring (bicyclic) bond motifs is 3. The van der Waals surface area contributed by atoms with Crippen molar-refractivity contribution in [3.63, 3.8) is 0 Å². The maximum Gasteiger partial charge on any atom is 0.303 e. The van der Waals surface area contributed by atoms with Crippen LogP contribution in [-0.2, 0) is 19.1 Å². The molecule has 0 aromatic rings. The van der Waals surface area contributed by atoms with E-state index in [2.05, 4.69) is 13.5 Å². The van der Waals surface area contributed by atoms with Gasteiger partial charge in [0, 0.05) is 5.41 Å². The molecule has 1 saturated heterocycles. The first kappa shape index (κ1) is 28.9. The molecule has 1 heterocycles. The Morgan fingerprint density at radius 3 is 2.23 bits per heavy atom. The lowest BCUT2D eigenvalue weighted by atomic mass is 9.39. The first-order valence-corrected chi connectivity index (χ1v) is 14.0. The maximum absolute atomic E-state index is 12.2. The summed E-state index contributed by atoms with van der Waals surface area (Å²) < 4.78 is 11.8. The summed E-state index contributed by atoms with van der Waals surface area (Å²) in [5.74, 6) is -2.24. The highest BCUT2D eigenvalue weighted by Crippen LogP contribution is 2.73. The smallest absolute Gasteiger partial charge is 0.303 e. The molecule has 1 aliphatic heterocycles. The average Bonchev–Trinajstić information content (AvgIpc) is 3.02. The predicted octanol–water partition coefficient (Wildman–Crippen LogP) is 0.651. The predicted molar refractivity (Wildman–Crippen MR) is 134 cm³/mol. The van der Waals surface area contributed by atoms with Crippen LogP contribution < -0.4 is 0 Å². The summed E-state index contributed by atoms with van der Waals surface area (Å²) in [7, 11) is 0. The van der Waals surface area contributed by atoms with Crippen molar-refractivity contribution in [2.45, 2.75) is 108 Å². The van der Waals surface area contributed by atoms with E-state index < -0.39 is 77.7 Å². The summed E-state index contributed by atoms with van der Waals surface area (Å²) in [6.07, 6.45) is -5.31. The van der Waals surface area contributed by atoms with Gasteiger partial charge in [0.05, 0.1) is 31.7 Å². The van der Waals surface area contributed by atoms with Gasteiger partial charge in [-0.2, -0.15) is 0 Å². The third-order valence-electron chi connectivity index (χ3n) is 11.3. The van der Waals surface area contributed by atoms with E-state index in [1.54, 1.807) is 0 Å². The molecule has 0 unspecified atom stereocenters. The van der Waals surface area contributed by atoms with Crippen molar-refractivity contribution in [3.05, 3.63) is 12.2 Å². The summed E-state index contributed by atoms with van der Waals surface area (Å²) in [4.78, 5) is 24.4. The number of carboxylic acids is 2. The van der Waals surface area contributed by atoms with E-state index in [0.29, 0.717) is 19.3 Å².